The van der Waals surface area contributed by atoms with Crippen molar-refractivity contribution in [2.24, 2.45) is 0 Å². The summed E-state index contributed by atoms with van der Waals surface area (Å²) in [5.41, 5.74) is 1.24. The summed E-state index contributed by atoms with van der Waals surface area (Å²) >= 11 is 1.16. The Morgan fingerprint density at radius 2 is 1.71 bits per heavy atom. The molecule has 5 nitrogen and oxygen atoms in total. The van der Waals surface area contributed by atoms with E-state index in [9.17, 15) is 22.8 Å². The van der Waals surface area contributed by atoms with Crippen LogP contribution in [0.25, 0.3) is 0 Å². The highest BCUT2D eigenvalue weighted by Gasteiger charge is 2.12. The molecular formula is C19H19F3N2O3S. The van der Waals surface area contributed by atoms with Crippen molar-refractivity contribution >= 4 is 29.3 Å². The van der Waals surface area contributed by atoms with Crippen LogP contribution >= 0.6 is 11.8 Å². The number of amides is 2. The number of rotatable bonds is 9. The van der Waals surface area contributed by atoms with Gasteiger partial charge in [-0.2, -0.15) is 8.78 Å². The molecule has 2 aromatic rings. The van der Waals surface area contributed by atoms with Crippen LogP contribution in [-0.4, -0.2) is 41.9 Å². The summed E-state index contributed by atoms with van der Waals surface area (Å²) in [7, 11) is 1.62. The van der Waals surface area contributed by atoms with Gasteiger partial charge in [0.2, 0.25) is 11.8 Å². The van der Waals surface area contributed by atoms with Crippen molar-refractivity contribution in [3.63, 3.8) is 0 Å². The second kappa shape index (κ2) is 10.6. The first-order valence-electron chi connectivity index (χ1n) is 8.24. The Morgan fingerprint density at radius 1 is 1.07 bits per heavy atom. The first-order valence-corrected chi connectivity index (χ1v) is 9.40. The third-order valence-electron chi connectivity index (χ3n) is 3.58. The van der Waals surface area contributed by atoms with Crippen molar-refractivity contribution in [2.75, 3.05) is 23.9 Å². The Kier molecular flexibility index (Phi) is 8.19. The SMILES string of the molecule is CN(Cc1ccc(OC(F)F)cc1)C(=O)CSCC(=O)Nc1ccc(F)cc1. The van der Waals surface area contributed by atoms with Crippen LogP contribution in [0.1, 0.15) is 5.56 Å². The van der Waals surface area contributed by atoms with Crippen LogP contribution < -0.4 is 10.1 Å². The first kappa shape index (κ1) is 21.6. The molecule has 0 spiro atoms. The predicted molar refractivity (Wildman–Crippen MR) is 102 cm³/mol. The smallest absolute Gasteiger partial charge is 0.387 e. The zero-order valence-electron chi connectivity index (χ0n) is 15.0. The Balaban J connectivity index is 1.71. The molecule has 0 saturated heterocycles. The number of benzene rings is 2. The highest BCUT2D eigenvalue weighted by Crippen LogP contribution is 2.16. The van der Waals surface area contributed by atoms with Crippen molar-refractivity contribution in [3.05, 3.63) is 59.9 Å². The molecule has 2 rings (SSSR count). The summed E-state index contributed by atoms with van der Waals surface area (Å²) < 4.78 is 41.4. The second-order valence-corrected chi connectivity index (χ2v) is 6.81. The number of anilines is 1. The summed E-state index contributed by atoms with van der Waals surface area (Å²) in [5, 5.41) is 2.61. The summed E-state index contributed by atoms with van der Waals surface area (Å²) in [5.74, 6) is -0.613. The Labute approximate surface area is 164 Å². The number of nitrogens with zero attached hydrogens (tertiary/aromatic N) is 1. The number of carbonyl (C=O) groups excluding carboxylic acids is 2. The molecule has 0 bridgehead atoms. The van der Waals surface area contributed by atoms with E-state index in [0.717, 1.165) is 17.3 Å². The van der Waals surface area contributed by atoms with Crippen LogP contribution in [0.4, 0.5) is 18.9 Å². The zero-order valence-corrected chi connectivity index (χ0v) is 15.8. The van der Waals surface area contributed by atoms with Gasteiger partial charge in [-0.1, -0.05) is 12.1 Å². The molecule has 0 aromatic heterocycles. The van der Waals surface area contributed by atoms with Gasteiger partial charge in [0.05, 0.1) is 11.5 Å². The maximum atomic E-state index is 12.8. The van der Waals surface area contributed by atoms with Crippen LogP contribution in [0.3, 0.4) is 0 Å². The summed E-state index contributed by atoms with van der Waals surface area (Å²) in [4.78, 5) is 25.5. The number of hydrogen-bond acceptors (Lipinski definition) is 4. The van der Waals surface area contributed by atoms with E-state index in [-0.39, 0.29) is 29.1 Å². The van der Waals surface area contributed by atoms with Crippen molar-refractivity contribution in [1.29, 1.82) is 0 Å². The lowest BCUT2D eigenvalue weighted by atomic mass is 10.2. The van der Waals surface area contributed by atoms with Crippen LogP contribution in [0.2, 0.25) is 0 Å². The lowest BCUT2D eigenvalue weighted by Gasteiger charge is -2.17. The molecule has 0 radical (unpaired) electrons. The number of alkyl halides is 2. The van der Waals surface area contributed by atoms with Gasteiger partial charge in [0.1, 0.15) is 11.6 Å². The van der Waals surface area contributed by atoms with E-state index in [0.29, 0.717) is 12.2 Å². The monoisotopic (exact) mass is 412 g/mol. The maximum Gasteiger partial charge on any atom is 0.387 e. The molecule has 0 heterocycles. The standard InChI is InChI=1S/C19H19F3N2O3S/c1-24(10-13-2-8-16(9-3-13)27-19(21)22)18(26)12-28-11-17(25)23-15-6-4-14(20)5-7-15/h2-9,19H,10-12H2,1H3,(H,23,25). The van der Waals surface area contributed by atoms with E-state index in [1.54, 1.807) is 19.2 Å². The topological polar surface area (TPSA) is 58.6 Å². The fourth-order valence-electron chi connectivity index (χ4n) is 2.21. The highest BCUT2D eigenvalue weighted by molar-refractivity contribution is 8.00. The van der Waals surface area contributed by atoms with Gasteiger partial charge in [0.25, 0.3) is 0 Å². The number of ether oxygens (including phenoxy) is 1. The van der Waals surface area contributed by atoms with E-state index >= 15 is 0 Å². The van der Waals surface area contributed by atoms with Gasteiger partial charge in [-0.3, -0.25) is 9.59 Å². The average Bonchev–Trinajstić information content (AvgIpc) is 2.64. The van der Waals surface area contributed by atoms with Crippen molar-refractivity contribution in [3.8, 4) is 5.75 Å². The molecule has 0 aliphatic heterocycles. The largest absolute Gasteiger partial charge is 0.435 e. The Morgan fingerprint density at radius 3 is 2.32 bits per heavy atom. The normalized spacial score (nSPS) is 10.6. The van der Waals surface area contributed by atoms with Gasteiger partial charge < -0.3 is 15.0 Å². The van der Waals surface area contributed by atoms with Crippen LogP contribution in [0.15, 0.2) is 48.5 Å². The van der Waals surface area contributed by atoms with Gasteiger partial charge in [-0.05, 0) is 42.0 Å². The number of carbonyl (C=O) groups is 2. The minimum absolute atomic E-state index is 0.0513. The van der Waals surface area contributed by atoms with Crippen LogP contribution in [0, 0.1) is 5.82 Å². The molecule has 2 aromatic carbocycles. The van der Waals surface area contributed by atoms with Gasteiger partial charge in [-0.15, -0.1) is 11.8 Å². The van der Waals surface area contributed by atoms with Crippen molar-refractivity contribution in [2.45, 2.75) is 13.2 Å². The molecular weight excluding hydrogens is 393 g/mol. The van der Waals surface area contributed by atoms with Gasteiger partial charge >= 0.3 is 6.61 Å². The van der Waals surface area contributed by atoms with E-state index in [2.05, 4.69) is 10.1 Å². The third-order valence-corrected chi connectivity index (χ3v) is 4.50. The number of halogens is 3. The molecule has 0 atom stereocenters. The molecule has 0 aliphatic carbocycles. The predicted octanol–water partition coefficient (Wildman–Crippen LogP) is 3.76. The quantitative estimate of drug-likeness (QED) is 0.682. The highest BCUT2D eigenvalue weighted by atomic mass is 32.2. The molecule has 150 valence electrons. The number of hydrogen-bond donors (Lipinski definition) is 1. The lowest BCUT2D eigenvalue weighted by Crippen LogP contribution is -2.28. The molecule has 0 fully saturated rings. The Bertz CT molecular complexity index is 786. The summed E-state index contributed by atoms with van der Waals surface area (Å²) in [6.07, 6.45) is 0. The minimum Gasteiger partial charge on any atom is -0.435 e. The van der Waals surface area contributed by atoms with Crippen molar-refractivity contribution < 1.29 is 27.5 Å². The fourth-order valence-corrected chi connectivity index (χ4v) is 2.96. The Hall–Kier alpha value is -2.68. The van der Waals surface area contributed by atoms with Crippen molar-refractivity contribution in [1.82, 2.24) is 4.90 Å². The molecule has 0 saturated carbocycles. The molecule has 9 heteroatoms. The molecule has 1 N–H and O–H groups in total. The van der Waals surface area contributed by atoms with Crippen LogP contribution in [0.5, 0.6) is 5.75 Å². The molecule has 28 heavy (non-hydrogen) atoms. The van der Waals surface area contributed by atoms with Gasteiger partial charge in [0.15, 0.2) is 0 Å². The molecule has 0 unspecified atom stereocenters. The van der Waals surface area contributed by atoms with E-state index < -0.39 is 12.4 Å². The summed E-state index contributed by atoms with van der Waals surface area (Å²) in [6, 6.07) is 11.4. The second-order valence-electron chi connectivity index (χ2n) is 5.82. The van der Waals surface area contributed by atoms with E-state index in [4.69, 9.17) is 0 Å². The van der Waals surface area contributed by atoms with E-state index in [1.165, 1.54) is 41.3 Å². The van der Waals surface area contributed by atoms with Gasteiger partial charge in [-0.25, -0.2) is 4.39 Å². The van der Waals surface area contributed by atoms with E-state index in [1.807, 2.05) is 0 Å². The molecule has 2 amide bonds. The maximum absolute atomic E-state index is 12.8. The molecule has 0 aliphatic rings. The number of thioether (sulfide) groups is 1. The van der Waals surface area contributed by atoms with Crippen LogP contribution in [-0.2, 0) is 16.1 Å². The first-order chi connectivity index (χ1) is 13.3. The lowest BCUT2D eigenvalue weighted by molar-refractivity contribution is -0.127. The van der Waals surface area contributed by atoms with Gasteiger partial charge in [0, 0.05) is 19.3 Å². The summed E-state index contributed by atoms with van der Waals surface area (Å²) in [6.45, 7) is -2.58. The average molecular weight is 412 g/mol. The zero-order chi connectivity index (χ0) is 20.5. The fraction of sp³-hybridized carbons (Fsp3) is 0.263. The number of nitrogens with one attached hydrogen (secondary N) is 1. The minimum atomic E-state index is -2.88. The third kappa shape index (κ3) is 7.51.